The van der Waals surface area contributed by atoms with Crippen LogP contribution in [0.4, 0.5) is 0 Å². The maximum Gasteiger partial charge on any atom is 0.231 e. The normalized spacial score (nSPS) is 32.8. The number of fused-ring (bicyclic) bond motifs is 3. The summed E-state index contributed by atoms with van der Waals surface area (Å²) in [5, 5.41) is 0. The average Bonchev–Trinajstić information content (AvgIpc) is 3.13. The maximum atomic E-state index is 13.2. The Morgan fingerprint density at radius 1 is 1.24 bits per heavy atom. The maximum absolute atomic E-state index is 13.2. The van der Waals surface area contributed by atoms with Gasteiger partial charge in [-0.3, -0.25) is 9.59 Å². The molecule has 0 radical (unpaired) electrons. The van der Waals surface area contributed by atoms with Gasteiger partial charge in [0.15, 0.2) is 23.0 Å². The van der Waals surface area contributed by atoms with Crippen LogP contribution in [0.15, 0.2) is 30.0 Å². The molecule has 1 heterocycles. The number of ether oxygens (including phenoxy) is 3. The van der Waals surface area contributed by atoms with Gasteiger partial charge in [-0.15, -0.1) is 0 Å². The monoisotopic (exact) mass is 342 g/mol. The van der Waals surface area contributed by atoms with E-state index in [-0.39, 0.29) is 30.2 Å². The van der Waals surface area contributed by atoms with E-state index in [4.69, 9.17) is 14.2 Å². The predicted molar refractivity (Wildman–Crippen MR) is 90.4 cm³/mol. The molecule has 1 aromatic rings. The molecule has 2 aliphatic carbocycles. The van der Waals surface area contributed by atoms with Gasteiger partial charge < -0.3 is 14.2 Å². The van der Waals surface area contributed by atoms with Gasteiger partial charge >= 0.3 is 0 Å². The van der Waals surface area contributed by atoms with E-state index in [2.05, 4.69) is 13.8 Å². The van der Waals surface area contributed by atoms with Crippen LogP contribution in [-0.2, 0) is 14.3 Å². The number of rotatable bonds is 4. The molecule has 0 unspecified atom stereocenters. The highest BCUT2D eigenvalue weighted by atomic mass is 16.7. The number of ketones is 2. The minimum absolute atomic E-state index is 0.0157. The summed E-state index contributed by atoms with van der Waals surface area (Å²) in [4.78, 5) is 26.1. The summed E-state index contributed by atoms with van der Waals surface area (Å²) in [7, 11) is 1.50. The standard InChI is InChI=1S/C20H22O5/c1-4-7-20-9-15(23-3)18(21)17(19(20)22)16(11(20)2)12-5-6-13-14(8-12)25-10-24-13/h5-6,8-9,11,16-17H,4,7,10H2,1-3H3/t11-,16-,17+,20-/m0/s1. The lowest BCUT2D eigenvalue weighted by Crippen LogP contribution is -2.38. The van der Waals surface area contributed by atoms with Gasteiger partial charge in [-0.1, -0.05) is 26.3 Å². The highest BCUT2D eigenvalue weighted by Gasteiger charge is 2.62. The molecule has 25 heavy (non-hydrogen) atoms. The van der Waals surface area contributed by atoms with Gasteiger partial charge in [0.2, 0.25) is 12.6 Å². The SMILES string of the molecule is CCC[C@@]12C=C(OC)C(=O)[C@H](C1=O)[C@H](c1ccc3c(c1)OCO3)[C@@H]2C. The summed E-state index contributed by atoms with van der Waals surface area (Å²) >= 11 is 0. The van der Waals surface area contributed by atoms with Gasteiger partial charge in [0.05, 0.1) is 18.4 Å². The Kier molecular flexibility index (Phi) is 3.63. The van der Waals surface area contributed by atoms with Gasteiger partial charge in [0, 0.05) is 5.92 Å². The lowest BCUT2D eigenvalue weighted by atomic mass is 9.71. The first-order valence-electron chi connectivity index (χ1n) is 8.78. The zero-order valence-corrected chi connectivity index (χ0v) is 14.7. The average molecular weight is 342 g/mol. The van der Waals surface area contributed by atoms with Crippen molar-refractivity contribution in [1.82, 2.24) is 0 Å². The molecule has 132 valence electrons. The minimum Gasteiger partial charge on any atom is -0.493 e. The van der Waals surface area contributed by atoms with Crippen LogP contribution in [-0.4, -0.2) is 25.5 Å². The van der Waals surface area contributed by atoms with Crippen molar-refractivity contribution >= 4 is 11.6 Å². The fourth-order valence-corrected chi connectivity index (χ4v) is 4.83. The van der Waals surface area contributed by atoms with E-state index >= 15 is 0 Å². The van der Waals surface area contributed by atoms with Crippen LogP contribution in [0.3, 0.4) is 0 Å². The summed E-state index contributed by atoms with van der Waals surface area (Å²) < 4.78 is 16.2. The lowest BCUT2D eigenvalue weighted by molar-refractivity contribution is -0.136. The van der Waals surface area contributed by atoms with E-state index < -0.39 is 11.3 Å². The Morgan fingerprint density at radius 3 is 2.72 bits per heavy atom. The zero-order chi connectivity index (χ0) is 17.8. The molecule has 1 aliphatic heterocycles. The Morgan fingerprint density at radius 2 is 2.00 bits per heavy atom. The van der Waals surface area contributed by atoms with Crippen molar-refractivity contribution in [2.24, 2.45) is 17.3 Å². The molecule has 1 saturated carbocycles. The van der Waals surface area contributed by atoms with Gasteiger partial charge in [-0.05, 0) is 36.1 Å². The van der Waals surface area contributed by atoms with E-state index in [1.54, 1.807) is 6.08 Å². The second-order valence-corrected chi connectivity index (χ2v) is 7.14. The van der Waals surface area contributed by atoms with Crippen molar-refractivity contribution in [2.45, 2.75) is 32.6 Å². The molecule has 2 bridgehead atoms. The van der Waals surface area contributed by atoms with Crippen molar-refractivity contribution in [1.29, 1.82) is 0 Å². The van der Waals surface area contributed by atoms with Crippen LogP contribution in [0.2, 0.25) is 0 Å². The minimum atomic E-state index is -0.679. The van der Waals surface area contributed by atoms with E-state index in [1.165, 1.54) is 7.11 Å². The van der Waals surface area contributed by atoms with Crippen LogP contribution in [0.1, 0.15) is 38.2 Å². The first-order valence-corrected chi connectivity index (χ1v) is 8.78. The second kappa shape index (κ2) is 5.61. The summed E-state index contributed by atoms with van der Waals surface area (Å²) in [6.07, 6.45) is 3.39. The van der Waals surface area contributed by atoms with Crippen LogP contribution in [0.5, 0.6) is 11.5 Å². The number of hydrogen-bond donors (Lipinski definition) is 0. The number of carbonyl (C=O) groups excluding carboxylic acids is 2. The van der Waals surface area contributed by atoms with Crippen molar-refractivity contribution in [3.05, 3.63) is 35.6 Å². The number of Topliss-reactive ketones (excluding diaryl/α,β-unsaturated/α-hetero) is 2. The molecule has 4 atom stereocenters. The van der Waals surface area contributed by atoms with E-state index in [1.807, 2.05) is 18.2 Å². The molecular weight excluding hydrogens is 320 g/mol. The van der Waals surface area contributed by atoms with Crippen molar-refractivity contribution in [3.63, 3.8) is 0 Å². The number of hydrogen-bond acceptors (Lipinski definition) is 5. The molecule has 0 amide bonds. The molecule has 4 rings (SSSR count). The summed E-state index contributed by atoms with van der Waals surface area (Å²) in [6.45, 7) is 4.34. The highest BCUT2D eigenvalue weighted by molar-refractivity contribution is 6.17. The molecular formula is C20H22O5. The number of allylic oxidation sites excluding steroid dienone is 2. The summed E-state index contributed by atoms with van der Waals surface area (Å²) in [5.74, 6) is 0.702. The Bertz CT molecular complexity index is 780. The van der Waals surface area contributed by atoms with Crippen LogP contribution in [0, 0.1) is 17.3 Å². The van der Waals surface area contributed by atoms with Crippen LogP contribution >= 0.6 is 0 Å². The fraction of sp³-hybridized carbons (Fsp3) is 0.500. The quantitative estimate of drug-likeness (QED) is 0.786. The Labute approximate surface area is 146 Å². The van der Waals surface area contributed by atoms with Gasteiger partial charge in [-0.25, -0.2) is 0 Å². The third kappa shape index (κ3) is 2.08. The molecule has 3 aliphatic rings. The molecule has 0 aromatic heterocycles. The highest BCUT2D eigenvalue weighted by Crippen LogP contribution is 2.59. The van der Waals surface area contributed by atoms with Gasteiger partial charge in [0.1, 0.15) is 0 Å². The molecule has 5 heteroatoms. The first kappa shape index (κ1) is 16.2. The van der Waals surface area contributed by atoms with Crippen LogP contribution in [0.25, 0.3) is 0 Å². The Balaban J connectivity index is 1.83. The first-order chi connectivity index (χ1) is 12.0. The summed E-state index contributed by atoms with van der Waals surface area (Å²) in [5.41, 5.74) is 0.326. The topological polar surface area (TPSA) is 61.8 Å². The third-order valence-corrected chi connectivity index (χ3v) is 6.03. The number of benzene rings is 1. The Hall–Kier alpha value is -2.30. The molecule has 1 aromatic carbocycles. The number of methoxy groups -OCH3 is 1. The second-order valence-electron chi connectivity index (χ2n) is 7.14. The lowest BCUT2D eigenvalue weighted by Gasteiger charge is -2.31. The largest absolute Gasteiger partial charge is 0.493 e. The van der Waals surface area contributed by atoms with Crippen molar-refractivity contribution in [2.75, 3.05) is 13.9 Å². The molecule has 0 saturated heterocycles. The molecule has 5 nitrogen and oxygen atoms in total. The molecule has 0 spiro atoms. The summed E-state index contributed by atoms with van der Waals surface area (Å²) in [6, 6.07) is 5.72. The smallest absolute Gasteiger partial charge is 0.231 e. The van der Waals surface area contributed by atoms with Crippen molar-refractivity contribution < 1.29 is 23.8 Å². The van der Waals surface area contributed by atoms with Gasteiger partial charge in [0.25, 0.3) is 0 Å². The van der Waals surface area contributed by atoms with E-state index in [0.717, 1.165) is 18.4 Å². The number of carbonyl (C=O) groups is 2. The fourth-order valence-electron chi connectivity index (χ4n) is 4.83. The third-order valence-electron chi connectivity index (χ3n) is 6.03. The zero-order valence-electron chi connectivity index (χ0n) is 14.7. The van der Waals surface area contributed by atoms with Crippen LogP contribution < -0.4 is 9.47 Å². The predicted octanol–water partition coefficient (Wildman–Crippen LogP) is 3.23. The molecule has 0 N–H and O–H groups in total. The van der Waals surface area contributed by atoms with E-state index in [0.29, 0.717) is 17.3 Å². The van der Waals surface area contributed by atoms with Gasteiger partial charge in [-0.2, -0.15) is 0 Å². The molecule has 1 fully saturated rings. The van der Waals surface area contributed by atoms with Crippen molar-refractivity contribution in [3.8, 4) is 11.5 Å². The van der Waals surface area contributed by atoms with E-state index in [9.17, 15) is 9.59 Å².